The summed E-state index contributed by atoms with van der Waals surface area (Å²) < 4.78 is 0.947. The Bertz CT molecular complexity index is 370. The molecule has 1 N–H and O–H groups in total. The molecule has 0 saturated heterocycles. The van der Waals surface area contributed by atoms with Gasteiger partial charge in [0.05, 0.1) is 5.69 Å². The van der Waals surface area contributed by atoms with Crippen molar-refractivity contribution in [2.75, 3.05) is 17.3 Å². The third-order valence-corrected chi connectivity index (χ3v) is 3.47. The van der Waals surface area contributed by atoms with Crippen molar-refractivity contribution in [3.05, 3.63) is 27.7 Å². The Morgan fingerprint density at radius 2 is 2.12 bits per heavy atom. The first-order valence-electron chi connectivity index (χ1n) is 5.10. The van der Waals surface area contributed by atoms with Gasteiger partial charge in [0.1, 0.15) is 0 Å². The van der Waals surface area contributed by atoms with Gasteiger partial charge in [0.25, 0.3) is 0 Å². The number of anilines is 1. The van der Waals surface area contributed by atoms with E-state index < -0.39 is 0 Å². The lowest BCUT2D eigenvalue weighted by Crippen LogP contribution is -2.13. The normalized spacial score (nSPS) is 10.2. The standard InChI is InChI=1S/C12H16BrNOS/c1-8-6-9(2)12(10(13)7-8)14-11(15)4-5-16-3/h6-7H,4-5H2,1-3H3,(H,14,15). The molecule has 0 atom stereocenters. The van der Waals surface area contributed by atoms with Crippen LogP contribution in [0.25, 0.3) is 0 Å². The second-order valence-electron chi connectivity index (χ2n) is 3.73. The van der Waals surface area contributed by atoms with Crippen LogP contribution in [0, 0.1) is 13.8 Å². The second-order valence-corrected chi connectivity index (χ2v) is 5.57. The fraction of sp³-hybridized carbons (Fsp3) is 0.417. The molecule has 0 aliphatic heterocycles. The van der Waals surface area contributed by atoms with Gasteiger partial charge in [-0.05, 0) is 53.2 Å². The van der Waals surface area contributed by atoms with Crippen LogP contribution in [0.3, 0.4) is 0 Å². The van der Waals surface area contributed by atoms with Gasteiger partial charge < -0.3 is 5.32 Å². The Balaban J connectivity index is 2.77. The summed E-state index contributed by atoms with van der Waals surface area (Å²) in [7, 11) is 0. The summed E-state index contributed by atoms with van der Waals surface area (Å²) in [5.41, 5.74) is 3.16. The molecule has 0 bridgehead atoms. The van der Waals surface area contributed by atoms with E-state index in [9.17, 15) is 4.79 Å². The molecule has 1 aromatic carbocycles. The highest BCUT2D eigenvalue weighted by Crippen LogP contribution is 2.27. The highest BCUT2D eigenvalue weighted by molar-refractivity contribution is 9.10. The third kappa shape index (κ3) is 3.83. The van der Waals surface area contributed by atoms with Crippen LogP contribution in [0.5, 0.6) is 0 Å². The predicted molar refractivity (Wildman–Crippen MR) is 75.2 cm³/mol. The maximum absolute atomic E-state index is 11.6. The average Bonchev–Trinajstić information content (AvgIpc) is 2.20. The molecule has 0 radical (unpaired) electrons. The highest BCUT2D eigenvalue weighted by atomic mass is 79.9. The zero-order chi connectivity index (χ0) is 12.1. The van der Waals surface area contributed by atoms with Crippen LogP contribution in [0.4, 0.5) is 5.69 Å². The van der Waals surface area contributed by atoms with E-state index in [4.69, 9.17) is 0 Å². The Morgan fingerprint density at radius 3 is 2.69 bits per heavy atom. The van der Waals surface area contributed by atoms with Crippen LogP contribution < -0.4 is 5.32 Å². The van der Waals surface area contributed by atoms with Crippen LogP contribution in [0.2, 0.25) is 0 Å². The van der Waals surface area contributed by atoms with Crippen LogP contribution in [-0.4, -0.2) is 17.9 Å². The summed E-state index contributed by atoms with van der Waals surface area (Å²) in [5.74, 6) is 0.927. The smallest absolute Gasteiger partial charge is 0.225 e. The van der Waals surface area contributed by atoms with Crippen molar-refractivity contribution >= 4 is 39.3 Å². The molecule has 2 nitrogen and oxygen atoms in total. The Morgan fingerprint density at radius 1 is 1.44 bits per heavy atom. The molecule has 0 spiro atoms. The molecule has 0 unspecified atom stereocenters. The van der Waals surface area contributed by atoms with Gasteiger partial charge in [-0.1, -0.05) is 6.07 Å². The zero-order valence-corrected chi connectivity index (χ0v) is 12.2. The number of hydrogen-bond donors (Lipinski definition) is 1. The quantitative estimate of drug-likeness (QED) is 0.917. The first kappa shape index (κ1) is 13.6. The molecule has 0 heterocycles. The topological polar surface area (TPSA) is 29.1 Å². The van der Waals surface area contributed by atoms with E-state index in [1.807, 2.05) is 26.2 Å². The number of aryl methyl sites for hydroxylation is 2. The number of halogens is 1. The van der Waals surface area contributed by atoms with Gasteiger partial charge in [0.15, 0.2) is 0 Å². The van der Waals surface area contributed by atoms with E-state index in [0.29, 0.717) is 6.42 Å². The minimum absolute atomic E-state index is 0.0713. The van der Waals surface area contributed by atoms with E-state index in [1.54, 1.807) is 11.8 Å². The average molecular weight is 302 g/mol. The Labute approximate surface area is 109 Å². The van der Waals surface area contributed by atoms with Gasteiger partial charge >= 0.3 is 0 Å². The van der Waals surface area contributed by atoms with Gasteiger partial charge in [-0.15, -0.1) is 0 Å². The summed E-state index contributed by atoms with van der Waals surface area (Å²) in [6.07, 6.45) is 2.56. The molecule has 0 aromatic heterocycles. The number of carbonyl (C=O) groups excluding carboxylic acids is 1. The van der Waals surface area contributed by atoms with Gasteiger partial charge in [-0.25, -0.2) is 0 Å². The van der Waals surface area contributed by atoms with Crippen LogP contribution in [0.1, 0.15) is 17.5 Å². The fourth-order valence-corrected chi connectivity index (χ4v) is 2.63. The number of carbonyl (C=O) groups is 1. The summed E-state index contributed by atoms with van der Waals surface area (Å²) in [4.78, 5) is 11.6. The Hall–Kier alpha value is -0.480. The van der Waals surface area contributed by atoms with Crippen LogP contribution >= 0.6 is 27.7 Å². The molecule has 1 rings (SSSR count). The van der Waals surface area contributed by atoms with Gasteiger partial charge in [-0.3, -0.25) is 4.79 Å². The maximum atomic E-state index is 11.6. The third-order valence-electron chi connectivity index (χ3n) is 2.23. The number of nitrogens with one attached hydrogen (secondary N) is 1. The van der Waals surface area contributed by atoms with Crippen molar-refractivity contribution in [2.45, 2.75) is 20.3 Å². The monoisotopic (exact) mass is 301 g/mol. The van der Waals surface area contributed by atoms with Crippen molar-refractivity contribution in [1.29, 1.82) is 0 Å². The summed E-state index contributed by atoms with van der Waals surface area (Å²) in [6, 6.07) is 4.08. The zero-order valence-electron chi connectivity index (χ0n) is 9.76. The fourth-order valence-electron chi connectivity index (χ4n) is 1.47. The molecule has 1 aromatic rings. The van der Waals surface area contributed by atoms with E-state index in [2.05, 4.69) is 27.3 Å². The number of benzene rings is 1. The van der Waals surface area contributed by atoms with Gasteiger partial charge in [0, 0.05) is 16.6 Å². The first-order valence-corrected chi connectivity index (χ1v) is 7.29. The van der Waals surface area contributed by atoms with Crippen molar-refractivity contribution in [3.8, 4) is 0 Å². The van der Waals surface area contributed by atoms with E-state index in [-0.39, 0.29) is 5.91 Å². The first-order chi connectivity index (χ1) is 7.54. The number of thioether (sulfide) groups is 1. The molecule has 0 aliphatic rings. The summed E-state index contributed by atoms with van der Waals surface area (Å²) in [6.45, 7) is 4.04. The number of hydrogen-bond acceptors (Lipinski definition) is 2. The summed E-state index contributed by atoms with van der Waals surface area (Å²) in [5, 5.41) is 2.94. The van der Waals surface area contributed by atoms with Crippen molar-refractivity contribution < 1.29 is 4.79 Å². The molecule has 0 aliphatic carbocycles. The van der Waals surface area contributed by atoms with Gasteiger partial charge in [-0.2, -0.15) is 11.8 Å². The molecular weight excluding hydrogens is 286 g/mol. The highest BCUT2D eigenvalue weighted by Gasteiger charge is 2.08. The van der Waals surface area contributed by atoms with E-state index in [0.717, 1.165) is 21.5 Å². The predicted octanol–water partition coefficient (Wildman–Crippen LogP) is 3.76. The minimum Gasteiger partial charge on any atom is -0.325 e. The molecule has 88 valence electrons. The molecule has 0 saturated carbocycles. The molecular formula is C12H16BrNOS. The Kier molecular flexibility index (Phi) is 5.35. The van der Waals surface area contributed by atoms with Crippen molar-refractivity contribution in [3.63, 3.8) is 0 Å². The number of rotatable bonds is 4. The van der Waals surface area contributed by atoms with E-state index >= 15 is 0 Å². The molecule has 16 heavy (non-hydrogen) atoms. The summed E-state index contributed by atoms with van der Waals surface area (Å²) >= 11 is 5.15. The van der Waals surface area contributed by atoms with Gasteiger partial charge in [0.2, 0.25) is 5.91 Å². The SMILES string of the molecule is CSCCC(=O)Nc1c(C)cc(C)cc1Br. The maximum Gasteiger partial charge on any atom is 0.225 e. The van der Waals surface area contributed by atoms with Crippen molar-refractivity contribution in [1.82, 2.24) is 0 Å². The lowest BCUT2D eigenvalue weighted by molar-refractivity contribution is -0.115. The molecule has 1 amide bonds. The minimum atomic E-state index is 0.0713. The number of amides is 1. The molecule has 4 heteroatoms. The molecule has 0 fully saturated rings. The second kappa shape index (κ2) is 6.30. The largest absolute Gasteiger partial charge is 0.325 e. The van der Waals surface area contributed by atoms with E-state index in [1.165, 1.54) is 5.56 Å². The van der Waals surface area contributed by atoms with Crippen molar-refractivity contribution in [2.24, 2.45) is 0 Å². The van der Waals surface area contributed by atoms with Crippen LogP contribution in [0.15, 0.2) is 16.6 Å². The lowest BCUT2D eigenvalue weighted by Gasteiger charge is -2.11. The lowest BCUT2D eigenvalue weighted by atomic mass is 10.1. The van der Waals surface area contributed by atoms with Crippen LogP contribution in [-0.2, 0) is 4.79 Å².